The maximum Gasteiger partial charge on any atom is 0.338 e. The van der Waals surface area contributed by atoms with Gasteiger partial charge in [-0.2, -0.15) is 0 Å². The van der Waals surface area contributed by atoms with E-state index in [1.54, 1.807) is 12.1 Å². The van der Waals surface area contributed by atoms with Gasteiger partial charge in [-0.25, -0.2) is 9.59 Å². The molecule has 0 bridgehead atoms. The highest BCUT2D eigenvalue weighted by Crippen LogP contribution is 2.33. The van der Waals surface area contributed by atoms with E-state index in [0.717, 1.165) is 38.8 Å². The molecule has 1 heterocycles. The quantitative estimate of drug-likeness (QED) is 0.284. The fraction of sp³-hybridized carbons (Fsp3) is 0.333. The predicted octanol–water partition coefficient (Wildman–Crippen LogP) is 6.89. The van der Waals surface area contributed by atoms with E-state index in [0.29, 0.717) is 29.9 Å². The number of methoxy groups -OCH3 is 1. The standard InChI is InChI=1S/C21H20O2.C15H21NO3/c22-20(19-12-6-2-7-13-19)23-17-21(14-8-3-9-15-21)16-18-10-4-1-5-11-18;1-3-19-13-8-9-16-14(10-13)11-4-6-12(7-5-11)15(17)18-2/h1-14H,15-17H2;4-7,13-14,16H,3,8-10H2,1-2H3/t;13-,14-/m.0/s1. The Morgan fingerprint density at radius 3 is 2.21 bits per heavy atom. The number of rotatable bonds is 9. The maximum atomic E-state index is 12.2. The zero-order chi connectivity index (χ0) is 29.6. The SMILES string of the molecule is CCO[C@H]1CCN[C@H](c2ccc(C(=O)OC)cc2)C1.O=C(OCC1(Cc2ccccc2)C=CC=CC1)c1ccccc1. The summed E-state index contributed by atoms with van der Waals surface area (Å²) in [6, 6.07) is 27.4. The van der Waals surface area contributed by atoms with Gasteiger partial charge in [0.15, 0.2) is 0 Å². The minimum absolute atomic E-state index is 0.166. The summed E-state index contributed by atoms with van der Waals surface area (Å²) in [7, 11) is 1.39. The number of allylic oxidation sites excluding steroid dienone is 3. The van der Waals surface area contributed by atoms with Crippen LogP contribution >= 0.6 is 0 Å². The van der Waals surface area contributed by atoms with Gasteiger partial charge in [0.25, 0.3) is 0 Å². The summed E-state index contributed by atoms with van der Waals surface area (Å²) in [5.41, 5.74) is 3.46. The van der Waals surface area contributed by atoms with Crippen molar-refractivity contribution in [1.29, 1.82) is 0 Å². The van der Waals surface area contributed by atoms with Crippen molar-refractivity contribution in [2.24, 2.45) is 5.41 Å². The third kappa shape index (κ3) is 9.00. The second kappa shape index (κ2) is 15.9. The molecule has 42 heavy (non-hydrogen) atoms. The summed E-state index contributed by atoms with van der Waals surface area (Å²) in [4.78, 5) is 23.6. The number of piperidine rings is 1. The molecule has 6 nitrogen and oxygen atoms in total. The lowest BCUT2D eigenvalue weighted by molar-refractivity contribution is 0.0297. The molecule has 0 aromatic heterocycles. The van der Waals surface area contributed by atoms with Gasteiger partial charge in [-0.05, 0) is 74.5 Å². The fourth-order valence-corrected chi connectivity index (χ4v) is 5.36. The normalized spacial score (nSPS) is 21.1. The molecular formula is C36H41NO5. The van der Waals surface area contributed by atoms with Crippen LogP contribution in [0.3, 0.4) is 0 Å². The fourth-order valence-electron chi connectivity index (χ4n) is 5.36. The zero-order valence-corrected chi connectivity index (χ0v) is 24.5. The lowest BCUT2D eigenvalue weighted by atomic mass is 9.77. The van der Waals surface area contributed by atoms with Crippen molar-refractivity contribution >= 4 is 11.9 Å². The van der Waals surface area contributed by atoms with Crippen LogP contribution in [0.15, 0.2) is 109 Å². The molecule has 1 fully saturated rings. The third-order valence-electron chi connectivity index (χ3n) is 7.61. The summed E-state index contributed by atoms with van der Waals surface area (Å²) in [5, 5.41) is 3.49. The molecule has 1 unspecified atom stereocenters. The van der Waals surface area contributed by atoms with E-state index < -0.39 is 0 Å². The molecule has 3 aromatic carbocycles. The topological polar surface area (TPSA) is 73.9 Å². The van der Waals surface area contributed by atoms with Crippen LogP contribution in [0.2, 0.25) is 0 Å². The second-order valence-electron chi connectivity index (χ2n) is 10.7. The average Bonchev–Trinajstić information content (AvgIpc) is 3.05. The Hall–Kier alpha value is -4.00. The molecule has 5 rings (SSSR count). The van der Waals surface area contributed by atoms with Crippen LogP contribution in [0.25, 0.3) is 0 Å². The van der Waals surface area contributed by atoms with E-state index in [-0.39, 0.29) is 17.4 Å². The van der Waals surface area contributed by atoms with Gasteiger partial charge in [-0.3, -0.25) is 0 Å². The summed E-state index contributed by atoms with van der Waals surface area (Å²) < 4.78 is 16.0. The largest absolute Gasteiger partial charge is 0.465 e. The number of carbonyl (C=O) groups excluding carboxylic acids is 2. The summed E-state index contributed by atoms with van der Waals surface area (Å²) >= 11 is 0. The van der Waals surface area contributed by atoms with Gasteiger partial charge in [0.05, 0.1) is 24.3 Å². The van der Waals surface area contributed by atoms with Gasteiger partial charge in [0.2, 0.25) is 0 Å². The molecule has 3 atom stereocenters. The molecule has 0 radical (unpaired) electrons. The molecule has 6 heteroatoms. The molecule has 0 amide bonds. The van der Waals surface area contributed by atoms with Crippen LogP contribution in [0.4, 0.5) is 0 Å². The van der Waals surface area contributed by atoms with E-state index in [9.17, 15) is 9.59 Å². The van der Waals surface area contributed by atoms with Crippen LogP contribution in [-0.2, 0) is 20.6 Å². The lowest BCUT2D eigenvalue weighted by Gasteiger charge is -2.31. The van der Waals surface area contributed by atoms with Crippen molar-refractivity contribution in [2.45, 2.75) is 44.8 Å². The summed E-state index contributed by atoms with van der Waals surface area (Å²) in [5.74, 6) is -0.559. The predicted molar refractivity (Wildman–Crippen MR) is 165 cm³/mol. The van der Waals surface area contributed by atoms with E-state index >= 15 is 0 Å². The highest BCUT2D eigenvalue weighted by molar-refractivity contribution is 5.89. The molecule has 0 saturated carbocycles. The average molecular weight is 568 g/mol. The number of hydrogen-bond donors (Lipinski definition) is 1. The monoisotopic (exact) mass is 567 g/mol. The van der Waals surface area contributed by atoms with Crippen LogP contribution in [-0.4, -0.2) is 44.9 Å². The first-order chi connectivity index (χ1) is 20.5. The first-order valence-electron chi connectivity index (χ1n) is 14.7. The van der Waals surface area contributed by atoms with Gasteiger partial charge in [0.1, 0.15) is 6.61 Å². The highest BCUT2D eigenvalue weighted by atomic mass is 16.5. The van der Waals surface area contributed by atoms with Crippen molar-refractivity contribution in [3.8, 4) is 0 Å². The number of ether oxygens (including phenoxy) is 3. The van der Waals surface area contributed by atoms with E-state index in [1.165, 1.54) is 18.2 Å². The second-order valence-corrected chi connectivity index (χ2v) is 10.7. The molecule has 0 spiro atoms. The summed E-state index contributed by atoms with van der Waals surface area (Å²) in [6.45, 7) is 4.14. The Kier molecular flexibility index (Phi) is 11.7. The number of carbonyl (C=O) groups is 2. The Morgan fingerprint density at radius 1 is 0.881 bits per heavy atom. The number of hydrogen-bond acceptors (Lipinski definition) is 6. The van der Waals surface area contributed by atoms with Crippen molar-refractivity contribution in [2.75, 3.05) is 26.9 Å². The number of nitrogens with one attached hydrogen (secondary N) is 1. The Morgan fingerprint density at radius 2 is 1.57 bits per heavy atom. The first-order valence-corrected chi connectivity index (χ1v) is 14.7. The van der Waals surface area contributed by atoms with Crippen LogP contribution in [0.5, 0.6) is 0 Å². The summed E-state index contributed by atoms with van der Waals surface area (Å²) in [6.07, 6.45) is 12.5. The van der Waals surface area contributed by atoms with Gasteiger partial charge < -0.3 is 19.5 Å². The molecular weight excluding hydrogens is 526 g/mol. The van der Waals surface area contributed by atoms with Crippen LogP contribution in [0, 0.1) is 5.41 Å². The smallest absolute Gasteiger partial charge is 0.338 e. The van der Waals surface area contributed by atoms with Gasteiger partial charge >= 0.3 is 11.9 Å². The van der Waals surface area contributed by atoms with Crippen molar-refractivity contribution < 1.29 is 23.8 Å². The van der Waals surface area contributed by atoms with Crippen molar-refractivity contribution in [3.05, 3.63) is 131 Å². The zero-order valence-electron chi connectivity index (χ0n) is 24.5. The van der Waals surface area contributed by atoms with E-state index in [1.807, 2.05) is 79.7 Å². The number of esters is 2. The Balaban J connectivity index is 0.000000197. The van der Waals surface area contributed by atoms with Gasteiger partial charge in [-0.15, -0.1) is 0 Å². The lowest BCUT2D eigenvalue weighted by Crippen LogP contribution is -2.35. The van der Waals surface area contributed by atoms with Crippen LogP contribution in [0.1, 0.15) is 64.1 Å². The third-order valence-corrected chi connectivity index (χ3v) is 7.61. The van der Waals surface area contributed by atoms with Gasteiger partial charge in [0, 0.05) is 18.1 Å². The minimum Gasteiger partial charge on any atom is -0.465 e. The van der Waals surface area contributed by atoms with Crippen molar-refractivity contribution in [1.82, 2.24) is 5.32 Å². The molecule has 3 aromatic rings. The molecule has 1 N–H and O–H groups in total. The van der Waals surface area contributed by atoms with Gasteiger partial charge in [-0.1, -0.05) is 85.0 Å². The molecule has 1 saturated heterocycles. The molecule has 1 aliphatic carbocycles. The molecule has 2 aliphatic rings. The maximum absolute atomic E-state index is 12.2. The van der Waals surface area contributed by atoms with Crippen molar-refractivity contribution in [3.63, 3.8) is 0 Å². The molecule has 220 valence electrons. The van der Waals surface area contributed by atoms with E-state index in [2.05, 4.69) is 29.6 Å². The minimum atomic E-state index is -0.296. The van der Waals surface area contributed by atoms with E-state index in [4.69, 9.17) is 14.2 Å². The highest BCUT2D eigenvalue weighted by Gasteiger charge is 2.30. The first kappa shape index (κ1) is 30.9. The Labute approximate surface area is 249 Å². The Bertz CT molecular complexity index is 1320. The number of benzene rings is 3. The van der Waals surface area contributed by atoms with Crippen LogP contribution < -0.4 is 5.32 Å². The molecule has 1 aliphatic heterocycles.